The molecule has 148 valence electrons. The van der Waals surface area contributed by atoms with Gasteiger partial charge in [-0.15, -0.1) is 0 Å². The molecule has 29 heavy (non-hydrogen) atoms. The van der Waals surface area contributed by atoms with Crippen molar-refractivity contribution < 1.29 is 4.79 Å². The van der Waals surface area contributed by atoms with Crippen LogP contribution in [0.3, 0.4) is 0 Å². The van der Waals surface area contributed by atoms with Gasteiger partial charge in [0.25, 0.3) is 5.91 Å². The molecule has 3 aromatic rings. The number of aromatic nitrogens is 3. The quantitative estimate of drug-likeness (QED) is 0.724. The van der Waals surface area contributed by atoms with Crippen LogP contribution in [-0.2, 0) is 6.54 Å². The van der Waals surface area contributed by atoms with Gasteiger partial charge in [0.1, 0.15) is 17.3 Å². The van der Waals surface area contributed by atoms with Crippen molar-refractivity contribution in [3.05, 3.63) is 78.0 Å². The second kappa shape index (κ2) is 8.68. The van der Waals surface area contributed by atoms with Gasteiger partial charge in [0.05, 0.1) is 0 Å². The Kier molecular flexibility index (Phi) is 5.65. The molecule has 0 spiro atoms. The predicted octanol–water partition coefficient (Wildman–Crippen LogP) is 2.75. The standard InChI is InChI=1S/C22H24N6O/c1-17-25-20(14-21(26-17)24-16-18-6-5-9-23-15-18)22(29)28-12-10-27(11-13-28)19-7-3-2-4-8-19/h2-9,14-15H,10-13,16H2,1H3,(H,24,25,26). The number of amides is 1. The molecule has 0 aliphatic carbocycles. The topological polar surface area (TPSA) is 74.2 Å². The zero-order chi connectivity index (χ0) is 20.1. The molecule has 4 rings (SSSR count). The van der Waals surface area contributed by atoms with Gasteiger partial charge in [-0.2, -0.15) is 0 Å². The summed E-state index contributed by atoms with van der Waals surface area (Å²) in [6, 6.07) is 15.9. The minimum Gasteiger partial charge on any atom is -0.368 e. The van der Waals surface area contributed by atoms with Crippen molar-refractivity contribution in [2.24, 2.45) is 0 Å². The second-order valence-corrected chi connectivity index (χ2v) is 7.02. The van der Waals surface area contributed by atoms with E-state index in [1.54, 1.807) is 25.4 Å². The van der Waals surface area contributed by atoms with Gasteiger partial charge >= 0.3 is 0 Å². The number of nitrogens with zero attached hydrogens (tertiary/aromatic N) is 5. The Labute approximate surface area is 170 Å². The average molecular weight is 388 g/mol. The third-order valence-corrected chi connectivity index (χ3v) is 4.94. The zero-order valence-corrected chi connectivity index (χ0v) is 16.5. The van der Waals surface area contributed by atoms with E-state index in [1.165, 1.54) is 5.69 Å². The van der Waals surface area contributed by atoms with Crippen LogP contribution >= 0.6 is 0 Å². The SMILES string of the molecule is Cc1nc(NCc2cccnc2)cc(C(=O)N2CCN(c3ccccc3)CC2)n1. The van der Waals surface area contributed by atoms with Crippen LogP contribution in [0.2, 0.25) is 0 Å². The van der Waals surface area contributed by atoms with E-state index in [0.29, 0.717) is 37.0 Å². The summed E-state index contributed by atoms with van der Waals surface area (Å²) in [7, 11) is 0. The number of carbonyl (C=O) groups is 1. The van der Waals surface area contributed by atoms with Crippen LogP contribution in [0.4, 0.5) is 11.5 Å². The molecular weight excluding hydrogens is 364 g/mol. The number of rotatable bonds is 5. The fraction of sp³-hybridized carbons (Fsp3) is 0.273. The number of hydrogen-bond acceptors (Lipinski definition) is 6. The summed E-state index contributed by atoms with van der Waals surface area (Å²) in [6.45, 7) is 5.37. The van der Waals surface area contributed by atoms with Gasteiger partial charge < -0.3 is 15.1 Å². The highest BCUT2D eigenvalue weighted by molar-refractivity contribution is 5.93. The van der Waals surface area contributed by atoms with Crippen LogP contribution in [0.15, 0.2) is 60.9 Å². The highest BCUT2D eigenvalue weighted by Crippen LogP contribution is 2.17. The number of benzene rings is 1. The lowest BCUT2D eigenvalue weighted by atomic mass is 10.2. The highest BCUT2D eigenvalue weighted by Gasteiger charge is 2.23. The number of pyridine rings is 1. The van der Waals surface area contributed by atoms with Gasteiger partial charge in [0.2, 0.25) is 0 Å². The highest BCUT2D eigenvalue weighted by atomic mass is 16.2. The van der Waals surface area contributed by atoms with Crippen molar-refractivity contribution in [2.45, 2.75) is 13.5 Å². The first-order valence-electron chi connectivity index (χ1n) is 9.77. The maximum absolute atomic E-state index is 13.0. The summed E-state index contributed by atoms with van der Waals surface area (Å²) >= 11 is 0. The molecule has 1 saturated heterocycles. The first-order valence-corrected chi connectivity index (χ1v) is 9.77. The van der Waals surface area contributed by atoms with E-state index in [4.69, 9.17) is 0 Å². The molecule has 1 fully saturated rings. The Morgan fingerprint density at radius 1 is 1.03 bits per heavy atom. The summed E-state index contributed by atoms with van der Waals surface area (Å²) < 4.78 is 0. The first kappa shape index (κ1) is 18.9. The Morgan fingerprint density at radius 2 is 1.83 bits per heavy atom. The van der Waals surface area contributed by atoms with Gasteiger partial charge in [-0.1, -0.05) is 24.3 Å². The summed E-state index contributed by atoms with van der Waals surface area (Å²) in [5.74, 6) is 1.17. The molecular formula is C22H24N6O. The van der Waals surface area contributed by atoms with Crippen molar-refractivity contribution in [1.82, 2.24) is 19.9 Å². The van der Waals surface area contributed by atoms with Gasteiger partial charge in [0.15, 0.2) is 0 Å². The molecule has 1 amide bonds. The van der Waals surface area contributed by atoms with Crippen molar-refractivity contribution in [3.63, 3.8) is 0 Å². The van der Waals surface area contributed by atoms with Crippen LogP contribution in [0.5, 0.6) is 0 Å². The fourth-order valence-corrected chi connectivity index (χ4v) is 3.43. The molecule has 0 radical (unpaired) electrons. The van der Waals surface area contributed by atoms with Gasteiger partial charge in [-0.3, -0.25) is 9.78 Å². The zero-order valence-electron chi connectivity index (χ0n) is 16.5. The summed E-state index contributed by atoms with van der Waals surface area (Å²) in [5, 5.41) is 3.26. The Morgan fingerprint density at radius 3 is 2.55 bits per heavy atom. The minimum atomic E-state index is -0.0485. The monoisotopic (exact) mass is 388 g/mol. The van der Waals surface area contributed by atoms with Crippen molar-refractivity contribution in [3.8, 4) is 0 Å². The molecule has 1 N–H and O–H groups in total. The average Bonchev–Trinajstić information content (AvgIpc) is 2.78. The Hall–Kier alpha value is -3.48. The Balaban J connectivity index is 1.40. The molecule has 0 atom stereocenters. The number of para-hydroxylation sites is 1. The van der Waals surface area contributed by atoms with Crippen molar-refractivity contribution in [1.29, 1.82) is 0 Å². The largest absolute Gasteiger partial charge is 0.368 e. The first-order chi connectivity index (χ1) is 14.2. The summed E-state index contributed by atoms with van der Waals surface area (Å²) in [4.78, 5) is 30.1. The van der Waals surface area contributed by atoms with E-state index in [0.717, 1.165) is 18.7 Å². The van der Waals surface area contributed by atoms with Crippen LogP contribution in [0.25, 0.3) is 0 Å². The van der Waals surface area contributed by atoms with Gasteiger partial charge in [0, 0.05) is 56.9 Å². The maximum Gasteiger partial charge on any atom is 0.272 e. The molecule has 1 aromatic carbocycles. The molecule has 0 saturated carbocycles. The van der Waals surface area contributed by atoms with Crippen LogP contribution in [0.1, 0.15) is 21.9 Å². The van der Waals surface area contributed by atoms with Crippen LogP contribution in [-0.4, -0.2) is 51.9 Å². The third-order valence-electron chi connectivity index (χ3n) is 4.94. The lowest BCUT2D eigenvalue weighted by Crippen LogP contribution is -2.49. The molecule has 7 nitrogen and oxygen atoms in total. The molecule has 1 aliphatic heterocycles. The lowest BCUT2D eigenvalue weighted by molar-refractivity contribution is 0.0740. The lowest BCUT2D eigenvalue weighted by Gasteiger charge is -2.36. The van der Waals surface area contributed by atoms with E-state index >= 15 is 0 Å². The Bertz CT molecular complexity index is 956. The smallest absolute Gasteiger partial charge is 0.272 e. The van der Waals surface area contributed by atoms with E-state index in [1.807, 2.05) is 35.2 Å². The predicted molar refractivity (Wildman–Crippen MR) is 113 cm³/mol. The number of nitrogens with one attached hydrogen (secondary N) is 1. The second-order valence-electron chi connectivity index (χ2n) is 7.02. The number of hydrogen-bond donors (Lipinski definition) is 1. The number of anilines is 2. The molecule has 0 unspecified atom stereocenters. The molecule has 2 aromatic heterocycles. The van der Waals surface area contributed by atoms with Crippen molar-refractivity contribution in [2.75, 3.05) is 36.4 Å². The molecule has 1 aliphatic rings. The van der Waals surface area contributed by atoms with E-state index in [2.05, 4.69) is 37.3 Å². The van der Waals surface area contributed by atoms with Crippen molar-refractivity contribution >= 4 is 17.4 Å². The van der Waals surface area contributed by atoms with E-state index < -0.39 is 0 Å². The van der Waals surface area contributed by atoms with Crippen LogP contribution < -0.4 is 10.2 Å². The number of piperazine rings is 1. The molecule has 0 bridgehead atoms. The van der Waals surface area contributed by atoms with Crippen LogP contribution in [0, 0.1) is 6.92 Å². The number of aryl methyl sites for hydroxylation is 1. The maximum atomic E-state index is 13.0. The van der Waals surface area contributed by atoms with E-state index in [9.17, 15) is 4.79 Å². The van der Waals surface area contributed by atoms with Gasteiger partial charge in [-0.25, -0.2) is 9.97 Å². The fourth-order valence-electron chi connectivity index (χ4n) is 3.43. The molecule has 3 heterocycles. The van der Waals surface area contributed by atoms with E-state index in [-0.39, 0.29) is 5.91 Å². The minimum absolute atomic E-state index is 0.0485. The molecule has 7 heteroatoms. The number of carbonyl (C=O) groups excluding carboxylic acids is 1. The third kappa shape index (κ3) is 4.68. The van der Waals surface area contributed by atoms with Gasteiger partial charge in [-0.05, 0) is 30.7 Å². The normalized spacial score (nSPS) is 14.0. The summed E-state index contributed by atoms with van der Waals surface area (Å²) in [5.41, 5.74) is 2.67. The summed E-state index contributed by atoms with van der Waals surface area (Å²) in [6.07, 6.45) is 3.55.